The Hall–Kier alpha value is -4.25. The first-order valence-corrected chi connectivity index (χ1v) is 15.5. The largest absolute Gasteiger partial charge is 0.497 e. The maximum atomic E-state index is 14.3. The first kappa shape index (κ1) is 33.3. The zero-order valence-electron chi connectivity index (χ0n) is 25.6. The van der Waals surface area contributed by atoms with Crippen LogP contribution in [0.5, 0.6) is 17.2 Å². The summed E-state index contributed by atoms with van der Waals surface area (Å²) >= 11 is 0. The molecule has 232 valence electrons. The number of amides is 2. The van der Waals surface area contributed by atoms with Crippen LogP contribution < -0.4 is 23.8 Å². The molecule has 0 aliphatic heterocycles. The summed E-state index contributed by atoms with van der Waals surface area (Å²) in [6.07, 6.45) is 0.319. The van der Waals surface area contributed by atoms with Gasteiger partial charge < -0.3 is 24.4 Å². The molecule has 43 heavy (non-hydrogen) atoms. The van der Waals surface area contributed by atoms with E-state index in [4.69, 9.17) is 14.2 Å². The van der Waals surface area contributed by atoms with Crippen LogP contribution in [0.25, 0.3) is 0 Å². The van der Waals surface area contributed by atoms with Gasteiger partial charge in [0, 0.05) is 19.2 Å². The van der Waals surface area contributed by atoms with E-state index in [0.717, 1.165) is 9.87 Å². The van der Waals surface area contributed by atoms with Crippen LogP contribution >= 0.6 is 0 Å². The molecule has 0 saturated carbocycles. The van der Waals surface area contributed by atoms with Crippen LogP contribution in [0.3, 0.4) is 0 Å². The Morgan fingerprint density at radius 2 is 1.49 bits per heavy atom. The average molecular weight is 612 g/mol. The van der Waals surface area contributed by atoms with E-state index in [9.17, 15) is 18.0 Å². The molecule has 11 heteroatoms. The van der Waals surface area contributed by atoms with E-state index in [1.165, 1.54) is 37.3 Å². The number of ether oxygens (including phenoxy) is 3. The van der Waals surface area contributed by atoms with Gasteiger partial charge in [0.1, 0.15) is 29.8 Å². The Labute approximate surface area is 254 Å². The molecule has 0 heterocycles. The zero-order chi connectivity index (χ0) is 31.6. The molecule has 2 amide bonds. The second-order valence-electron chi connectivity index (χ2n) is 10.3. The van der Waals surface area contributed by atoms with Crippen molar-refractivity contribution in [2.24, 2.45) is 5.92 Å². The quantitative estimate of drug-likeness (QED) is 0.269. The minimum absolute atomic E-state index is 0.00362. The van der Waals surface area contributed by atoms with Crippen LogP contribution in [-0.4, -0.2) is 65.6 Å². The highest BCUT2D eigenvalue weighted by molar-refractivity contribution is 7.92. The zero-order valence-corrected chi connectivity index (χ0v) is 26.4. The number of hydrogen-bond acceptors (Lipinski definition) is 7. The van der Waals surface area contributed by atoms with Gasteiger partial charge in [0.2, 0.25) is 11.8 Å². The van der Waals surface area contributed by atoms with Gasteiger partial charge in [-0.2, -0.15) is 0 Å². The summed E-state index contributed by atoms with van der Waals surface area (Å²) in [5.74, 6) is 0.594. The number of sulfonamides is 1. The van der Waals surface area contributed by atoms with Crippen molar-refractivity contribution in [3.63, 3.8) is 0 Å². The standard InChI is InChI=1S/C32H41N3O7S/c1-7-28(32(37)33-20-23(2)3)34(21-24-13-15-25(40-4)16-14-24)31(36)22-35(43(38,39)27-11-9-8-10-12-27)29-19-26(41-5)17-18-30(29)42-6/h8-19,23,28H,7,20-22H2,1-6H3,(H,33,37)/t28-/m1/s1. The number of anilines is 1. The number of nitrogens with zero attached hydrogens (tertiary/aromatic N) is 2. The van der Waals surface area contributed by atoms with Crippen molar-refractivity contribution in [3.05, 3.63) is 78.4 Å². The average Bonchev–Trinajstić information content (AvgIpc) is 3.02. The minimum atomic E-state index is -4.26. The van der Waals surface area contributed by atoms with Crippen LogP contribution in [0.1, 0.15) is 32.8 Å². The molecule has 0 spiro atoms. The van der Waals surface area contributed by atoms with E-state index in [-0.39, 0.29) is 34.7 Å². The molecule has 0 radical (unpaired) electrons. The Morgan fingerprint density at radius 1 is 0.860 bits per heavy atom. The third-order valence-corrected chi connectivity index (χ3v) is 8.62. The van der Waals surface area contributed by atoms with Gasteiger partial charge in [0.05, 0.1) is 31.9 Å². The number of carbonyl (C=O) groups excluding carboxylic acids is 2. The van der Waals surface area contributed by atoms with Crippen molar-refractivity contribution in [3.8, 4) is 17.2 Å². The molecule has 3 aromatic carbocycles. The van der Waals surface area contributed by atoms with Crippen LogP contribution in [0.15, 0.2) is 77.7 Å². The Balaban J connectivity index is 2.12. The van der Waals surface area contributed by atoms with Crippen LogP contribution in [0, 0.1) is 5.92 Å². The lowest BCUT2D eigenvalue weighted by atomic mass is 10.1. The van der Waals surface area contributed by atoms with Crippen LogP contribution in [-0.2, 0) is 26.2 Å². The molecule has 0 saturated heterocycles. The molecular weight excluding hydrogens is 570 g/mol. The first-order valence-electron chi connectivity index (χ1n) is 14.1. The highest BCUT2D eigenvalue weighted by Gasteiger charge is 2.35. The summed E-state index contributed by atoms with van der Waals surface area (Å²) in [4.78, 5) is 29.1. The fourth-order valence-electron chi connectivity index (χ4n) is 4.49. The smallest absolute Gasteiger partial charge is 0.264 e. The highest BCUT2D eigenvalue weighted by Crippen LogP contribution is 2.36. The van der Waals surface area contributed by atoms with E-state index < -0.39 is 28.5 Å². The summed E-state index contributed by atoms with van der Waals surface area (Å²) in [6.45, 7) is 5.70. The number of methoxy groups -OCH3 is 3. The van der Waals surface area contributed by atoms with Crippen molar-refractivity contribution >= 4 is 27.5 Å². The van der Waals surface area contributed by atoms with Gasteiger partial charge in [0.25, 0.3) is 10.0 Å². The topological polar surface area (TPSA) is 114 Å². The van der Waals surface area contributed by atoms with Gasteiger partial charge in [0.15, 0.2) is 0 Å². The van der Waals surface area contributed by atoms with Crippen molar-refractivity contribution < 1.29 is 32.2 Å². The predicted molar refractivity (Wildman–Crippen MR) is 166 cm³/mol. The fraction of sp³-hybridized carbons (Fsp3) is 0.375. The lowest BCUT2D eigenvalue weighted by Crippen LogP contribution is -2.52. The van der Waals surface area contributed by atoms with E-state index >= 15 is 0 Å². The summed E-state index contributed by atoms with van der Waals surface area (Å²) in [5.41, 5.74) is 0.876. The molecule has 3 aromatic rings. The van der Waals surface area contributed by atoms with Gasteiger partial charge in [-0.1, -0.05) is 51.1 Å². The van der Waals surface area contributed by atoms with Crippen LogP contribution in [0.4, 0.5) is 5.69 Å². The van der Waals surface area contributed by atoms with E-state index in [1.54, 1.807) is 61.7 Å². The lowest BCUT2D eigenvalue weighted by molar-refractivity contribution is -0.140. The molecule has 1 atom stereocenters. The van der Waals surface area contributed by atoms with Crippen molar-refractivity contribution in [1.82, 2.24) is 10.2 Å². The molecule has 3 rings (SSSR count). The van der Waals surface area contributed by atoms with E-state index in [1.807, 2.05) is 20.8 Å². The summed E-state index contributed by atoms with van der Waals surface area (Å²) < 4.78 is 45.4. The van der Waals surface area contributed by atoms with Gasteiger partial charge in [-0.25, -0.2) is 8.42 Å². The molecule has 0 aromatic heterocycles. The number of rotatable bonds is 15. The normalized spacial score (nSPS) is 11.9. The first-order chi connectivity index (χ1) is 20.5. The Kier molecular flexibility index (Phi) is 11.8. The third-order valence-electron chi connectivity index (χ3n) is 6.85. The number of carbonyl (C=O) groups is 2. The molecule has 0 fully saturated rings. The van der Waals surface area contributed by atoms with Gasteiger partial charge >= 0.3 is 0 Å². The van der Waals surface area contributed by atoms with Gasteiger partial charge in [-0.05, 0) is 54.3 Å². The molecular formula is C32H41N3O7S. The maximum absolute atomic E-state index is 14.3. The highest BCUT2D eigenvalue weighted by atomic mass is 32.2. The van der Waals surface area contributed by atoms with E-state index in [0.29, 0.717) is 24.5 Å². The van der Waals surface area contributed by atoms with Gasteiger partial charge in [-0.15, -0.1) is 0 Å². The third kappa shape index (κ3) is 8.41. The van der Waals surface area contributed by atoms with Crippen molar-refractivity contribution in [2.75, 3.05) is 38.7 Å². The predicted octanol–water partition coefficient (Wildman–Crippen LogP) is 4.49. The molecule has 0 unspecified atom stereocenters. The van der Waals surface area contributed by atoms with Crippen molar-refractivity contribution in [2.45, 2.75) is 44.7 Å². The lowest BCUT2D eigenvalue weighted by Gasteiger charge is -2.33. The number of benzene rings is 3. The monoisotopic (exact) mass is 611 g/mol. The van der Waals surface area contributed by atoms with Gasteiger partial charge in [-0.3, -0.25) is 13.9 Å². The Morgan fingerprint density at radius 3 is 2.05 bits per heavy atom. The Bertz CT molecular complexity index is 1460. The van der Waals surface area contributed by atoms with Crippen LogP contribution in [0.2, 0.25) is 0 Å². The molecule has 0 aliphatic carbocycles. The number of nitrogens with one attached hydrogen (secondary N) is 1. The number of hydrogen-bond donors (Lipinski definition) is 1. The van der Waals surface area contributed by atoms with E-state index in [2.05, 4.69) is 5.32 Å². The SMILES string of the molecule is CC[C@H](C(=O)NCC(C)C)N(Cc1ccc(OC)cc1)C(=O)CN(c1cc(OC)ccc1OC)S(=O)(=O)c1ccccc1. The second kappa shape index (κ2) is 15.3. The fourth-order valence-corrected chi connectivity index (χ4v) is 5.93. The molecule has 10 nitrogen and oxygen atoms in total. The summed E-state index contributed by atoms with van der Waals surface area (Å²) in [6, 6.07) is 18.9. The minimum Gasteiger partial charge on any atom is -0.497 e. The summed E-state index contributed by atoms with van der Waals surface area (Å²) in [5, 5.41) is 2.93. The molecule has 0 aliphatic rings. The summed E-state index contributed by atoms with van der Waals surface area (Å²) in [7, 11) is 0.181. The maximum Gasteiger partial charge on any atom is 0.264 e. The van der Waals surface area contributed by atoms with Crippen molar-refractivity contribution in [1.29, 1.82) is 0 Å². The molecule has 0 bridgehead atoms. The second-order valence-corrected chi connectivity index (χ2v) is 12.2. The molecule has 1 N–H and O–H groups in total.